The van der Waals surface area contributed by atoms with E-state index in [9.17, 15) is 0 Å². The van der Waals surface area contributed by atoms with Crippen LogP contribution >= 0.6 is 0 Å². The molecular weight excluding hydrogens is 1190 g/mol. The van der Waals surface area contributed by atoms with E-state index in [0.29, 0.717) is 36.6 Å². The summed E-state index contributed by atoms with van der Waals surface area (Å²) in [5.74, 6) is 11.4. The second kappa shape index (κ2) is 56.3. The topological polar surface area (TPSA) is 107 Å². The van der Waals surface area contributed by atoms with Gasteiger partial charge in [0.25, 0.3) is 0 Å². The predicted octanol–water partition coefficient (Wildman–Crippen LogP) is 23.7. The Morgan fingerprint density at radius 3 is 1.32 bits per heavy atom. The second-order valence-corrected chi connectivity index (χ2v) is 28.7. The SMILES string of the molecule is C=C(C)OCC1CC2CCC1C2.C=C(C)OCC1CCCCC1.C=COC.C=COC1C2CCC1CC2.C=COC1CC(C)CCC1C(C)C.C=COC1CCC2CCCCC2C1.C=COC1CCCC(OC=C)C1.C=COC1CCCCCCCCCCC1.[2H]N=[B].[V]. The van der Waals surface area contributed by atoms with Crippen molar-refractivity contribution in [2.24, 2.45) is 65.1 Å². The van der Waals surface area contributed by atoms with Crippen LogP contribution in [-0.2, 0) is 61.2 Å². The summed E-state index contributed by atoms with van der Waals surface area (Å²) < 4.78 is 53.5. The molecule has 0 spiro atoms. The van der Waals surface area contributed by atoms with Crippen molar-refractivity contribution in [2.75, 3.05) is 20.3 Å². The molecule has 93 heavy (non-hydrogen) atoms. The molecule has 11 unspecified atom stereocenters. The smallest absolute Gasteiger partial charge is 0 e. The van der Waals surface area contributed by atoms with Crippen LogP contribution < -0.4 is 0 Å². The van der Waals surface area contributed by atoms with Gasteiger partial charge in [0.05, 0.1) is 87.9 Å². The number of hydrogen-bond acceptors (Lipinski definition) is 10. The van der Waals surface area contributed by atoms with Gasteiger partial charge in [0.1, 0.15) is 24.4 Å². The maximum Gasteiger partial charge on any atom is 0 e. The van der Waals surface area contributed by atoms with Gasteiger partial charge in [-0.05, 0) is 214 Å². The van der Waals surface area contributed by atoms with Gasteiger partial charge in [-0.3, -0.25) is 0 Å². The first kappa shape index (κ1) is 85.4. The minimum Gasteiger partial charge on any atom is 0 e. The molecule has 10 fully saturated rings. The number of fused-ring (bicyclic) bond motifs is 5. The molecule has 11 atom stereocenters. The molecule has 0 saturated heterocycles. The Hall–Kier alpha value is -3.69. The van der Waals surface area contributed by atoms with E-state index >= 15 is 0 Å². The van der Waals surface area contributed by atoms with E-state index in [1.807, 2.05) is 13.8 Å². The van der Waals surface area contributed by atoms with Crippen LogP contribution in [0.3, 0.4) is 0 Å². The molecule has 2 radical (unpaired) electrons. The summed E-state index contributed by atoms with van der Waals surface area (Å²) in [4.78, 5) is 0. The molecule has 0 heterocycles. The van der Waals surface area contributed by atoms with Crippen LogP contribution in [0.15, 0.2) is 115 Å². The quantitative estimate of drug-likeness (QED) is 0.0942. The van der Waals surface area contributed by atoms with E-state index in [4.69, 9.17) is 39.3 Å². The van der Waals surface area contributed by atoms with E-state index in [2.05, 4.69) is 97.7 Å². The molecule has 12 heteroatoms. The van der Waals surface area contributed by atoms with Gasteiger partial charge in [0.15, 0.2) is 0 Å². The van der Waals surface area contributed by atoms with E-state index in [0.717, 1.165) is 116 Å². The van der Waals surface area contributed by atoms with Gasteiger partial charge in [-0.25, -0.2) is 0 Å². The van der Waals surface area contributed by atoms with Crippen molar-refractivity contribution in [2.45, 2.75) is 315 Å². The van der Waals surface area contributed by atoms with E-state index in [1.165, 1.54) is 237 Å². The number of methoxy groups -OCH3 is 1. The van der Waals surface area contributed by atoms with Gasteiger partial charge in [0.2, 0.25) is 0 Å². The van der Waals surface area contributed by atoms with Gasteiger partial charge >= 0.3 is 14.4 Å². The molecule has 10 rings (SSSR count). The van der Waals surface area contributed by atoms with Crippen LogP contribution in [0.5, 0.6) is 0 Å². The van der Waals surface area contributed by atoms with Crippen LogP contribution in [-0.4, -0.2) is 64.6 Å². The standard InChI is InChI=1S/C14H26O.C12H20O.C12H22O.C11H18O.C10H16O2.C10H18O.C9H14O.C3H6O.BHN.V/c1-2-15-14-12-10-8-6-4-3-5-7-9-11-13-14;1-2-13-12-8-7-10-5-3-4-6-11(10)9-12;1-5-13-12-8-10(4)6-7-11(12)9(2)3;1-8(2)12-7-11-6-9-3-4-10(11)5-9;1-3-11-9-6-5-7-10(8-9)12-4-2;1-9(2)11-8-10-6-4-3-5-7-10;1-2-10-9-7-3-4-8(9)6-5-7;1-3-4-2;1-2;/h2,14H,1,3-13H2;2,10-12H,1,3-9H2;5,9-12H,1,6-8H2,2-4H3;9-11H,1,3-7H2,2H3;3-4,9-10H,1-2,5-8H2;10H,1,3-8H2,2H3;2,7-9H,1,3-6H2;3H,1H2,2H3;2H;/i;;;;;;;;2D;. The molecule has 0 aromatic rings. The number of allylic oxidation sites excluding steroid dienone is 2. The second-order valence-electron chi connectivity index (χ2n) is 28.7. The van der Waals surface area contributed by atoms with Crippen molar-refractivity contribution in [3.63, 3.8) is 0 Å². The number of hydrogen-bond donors (Lipinski definition) is 1. The first-order valence-electron chi connectivity index (χ1n) is 37.7. The van der Waals surface area contributed by atoms with Gasteiger partial charge < -0.3 is 42.6 Å². The molecule has 10 aliphatic carbocycles. The average molecular weight is 1340 g/mol. The van der Waals surface area contributed by atoms with Crippen LogP contribution in [0.2, 0.25) is 1.41 Å². The third-order valence-electron chi connectivity index (χ3n) is 21.4. The van der Waals surface area contributed by atoms with Crippen LogP contribution in [0.4, 0.5) is 0 Å². The van der Waals surface area contributed by atoms with E-state index in [1.54, 1.807) is 32.2 Å². The third-order valence-corrected chi connectivity index (χ3v) is 21.4. The fourth-order valence-corrected chi connectivity index (χ4v) is 16.5. The van der Waals surface area contributed by atoms with Crippen molar-refractivity contribution >= 4 is 7.64 Å². The van der Waals surface area contributed by atoms with Crippen LogP contribution in [0, 0.1) is 70.4 Å². The summed E-state index contributed by atoms with van der Waals surface area (Å²) in [6, 6.07) is 0. The Bertz CT molecular complexity index is 1920. The molecule has 0 amide bonds. The van der Waals surface area contributed by atoms with E-state index in [-0.39, 0.29) is 18.6 Å². The maximum absolute atomic E-state index is 5.61. The summed E-state index contributed by atoms with van der Waals surface area (Å²) in [6.45, 7) is 44.9. The largest absolute Gasteiger partial charge is 0 e. The third kappa shape index (κ3) is 39.3. The zero-order valence-corrected chi connectivity index (χ0v) is 62.0. The van der Waals surface area contributed by atoms with Crippen LogP contribution in [0.1, 0.15) is 279 Å². The van der Waals surface area contributed by atoms with Crippen molar-refractivity contribution in [1.82, 2.24) is 0 Å². The van der Waals surface area contributed by atoms with E-state index < -0.39 is 0 Å². The first-order valence-corrected chi connectivity index (χ1v) is 37.3. The Labute approximate surface area is 587 Å². The molecule has 10 saturated carbocycles. The molecule has 4 bridgehead atoms. The summed E-state index contributed by atoms with van der Waals surface area (Å²) in [5.41, 5.74) is 0. The zero-order valence-electron chi connectivity index (χ0n) is 61.7. The number of ether oxygens (including phenoxy) is 9. The van der Waals surface area contributed by atoms with Crippen LogP contribution in [0.25, 0.3) is 0 Å². The van der Waals surface area contributed by atoms with Crippen molar-refractivity contribution in [3.8, 4) is 0 Å². The molecular formula is C81H141BNO9V. The first-order chi connectivity index (χ1) is 45.1. The van der Waals surface area contributed by atoms with Gasteiger partial charge in [-0.1, -0.05) is 183 Å². The summed E-state index contributed by atoms with van der Waals surface area (Å²) in [6.07, 6.45) is 64.7. The summed E-state index contributed by atoms with van der Waals surface area (Å²) >= 11 is 0. The predicted molar refractivity (Wildman–Crippen MR) is 388 cm³/mol. The fourth-order valence-electron chi connectivity index (χ4n) is 16.5. The monoisotopic (exact) mass is 1340 g/mol. The maximum atomic E-state index is 5.61. The zero-order chi connectivity index (χ0) is 68.3. The molecule has 0 aromatic carbocycles. The normalized spacial score (nSPS) is 30.1. The van der Waals surface area contributed by atoms with Gasteiger partial charge in [0, 0.05) is 25.0 Å². The van der Waals surface area contributed by atoms with Gasteiger partial charge in [-0.2, -0.15) is 0 Å². The minimum absolute atomic E-state index is 0. The Balaban J connectivity index is 0.000000539. The summed E-state index contributed by atoms with van der Waals surface area (Å²) in [7, 11) is 5.70. The minimum atomic E-state index is 0. The molecule has 10 aliphatic rings. The fraction of sp³-hybridized carbons (Fsp3) is 0.778. The van der Waals surface area contributed by atoms with Crippen molar-refractivity contribution in [1.29, 1.82) is 5.31 Å². The van der Waals surface area contributed by atoms with Crippen molar-refractivity contribution < 1.29 is 62.6 Å². The molecule has 0 aromatic heterocycles. The Kier molecular flexibility index (Phi) is 51.7. The molecule has 1 N–H and O–H groups in total. The Morgan fingerprint density at radius 1 is 0.441 bits per heavy atom. The molecule has 0 aliphatic heterocycles. The number of nitrogens with one attached hydrogen (secondary N) is 1. The average Bonchev–Trinajstić information content (AvgIpc) is 1.72. The Morgan fingerprint density at radius 2 is 0.860 bits per heavy atom. The van der Waals surface area contributed by atoms with Crippen molar-refractivity contribution in [3.05, 3.63) is 115 Å². The molecule has 532 valence electrons. The van der Waals surface area contributed by atoms with Gasteiger partial charge in [-0.15, -0.1) is 0 Å². The molecule has 10 nitrogen and oxygen atoms in total. The number of rotatable bonds is 20. The summed E-state index contributed by atoms with van der Waals surface area (Å²) in [5, 5.41) is 2.25.